The zero-order chi connectivity index (χ0) is 14.9. The molecule has 2 aromatic carbocycles. The Morgan fingerprint density at radius 2 is 1.81 bits per heavy atom. The van der Waals surface area contributed by atoms with E-state index in [0.717, 1.165) is 11.3 Å². The highest BCUT2D eigenvalue weighted by Crippen LogP contribution is 2.13. The van der Waals surface area contributed by atoms with Gasteiger partial charge in [-0.25, -0.2) is 0 Å². The summed E-state index contributed by atoms with van der Waals surface area (Å²) >= 11 is 0. The minimum atomic E-state index is -0.625. The SMILES string of the molecule is N#Cc1ccccc1NCC(O)COCc1ccccc1. The molecule has 2 rings (SSSR count). The van der Waals surface area contributed by atoms with Crippen LogP contribution in [0.2, 0.25) is 0 Å². The summed E-state index contributed by atoms with van der Waals surface area (Å²) in [6.45, 7) is 1.07. The minimum absolute atomic E-state index is 0.247. The smallest absolute Gasteiger partial charge is 0.101 e. The van der Waals surface area contributed by atoms with E-state index in [4.69, 9.17) is 10.00 Å². The Morgan fingerprint density at radius 3 is 2.57 bits per heavy atom. The lowest BCUT2D eigenvalue weighted by molar-refractivity contribution is 0.0348. The molecule has 0 saturated carbocycles. The highest BCUT2D eigenvalue weighted by Gasteiger charge is 2.06. The van der Waals surface area contributed by atoms with Crippen LogP contribution in [0.25, 0.3) is 0 Å². The summed E-state index contributed by atoms with van der Waals surface area (Å²) < 4.78 is 5.47. The fraction of sp³-hybridized carbons (Fsp3) is 0.235. The molecule has 0 aliphatic rings. The molecule has 0 fully saturated rings. The van der Waals surface area contributed by atoms with Crippen LogP contribution in [0, 0.1) is 11.3 Å². The van der Waals surface area contributed by atoms with Crippen LogP contribution in [0.15, 0.2) is 54.6 Å². The zero-order valence-corrected chi connectivity index (χ0v) is 11.7. The van der Waals surface area contributed by atoms with Crippen LogP contribution in [0.4, 0.5) is 5.69 Å². The first-order valence-corrected chi connectivity index (χ1v) is 6.82. The Bertz CT molecular complexity index is 593. The van der Waals surface area contributed by atoms with Gasteiger partial charge < -0.3 is 15.2 Å². The number of rotatable bonds is 7. The second-order valence-electron chi connectivity index (χ2n) is 4.69. The molecule has 0 radical (unpaired) electrons. The van der Waals surface area contributed by atoms with Crippen molar-refractivity contribution in [2.75, 3.05) is 18.5 Å². The number of ether oxygens (including phenoxy) is 1. The third kappa shape index (κ3) is 4.92. The number of para-hydroxylation sites is 1. The van der Waals surface area contributed by atoms with Crippen LogP contribution in [-0.4, -0.2) is 24.4 Å². The molecule has 1 atom stereocenters. The molecule has 4 nitrogen and oxygen atoms in total. The summed E-state index contributed by atoms with van der Waals surface area (Å²) in [5.41, 5.74) is 2.37. The van der Waals surface area contributed by atoms with Crippen molar-refractivity contribution in [3.05, 3.63) is 65.7 Å². The molecule has 0 spiro atoms. The Labute approximate surface area is 124 Å². The fourth-order valence-corrected chi connectivity index (χ4v) is 1.91. The first-order chi connectivity index (χ1) is 10.3. The van der Waals surface area contributed by atoms with Crippen molar-refractivity contribution in [2.45, 2.75) is 12.7 Å². The maximum Gasteiger partial charge on any atom is 0.101 e. The molecular formula is C17H18N2O2. The summed E-state index contributed by atoms with van der Waals surface area (Å²) in [4.78, 5) is 0. The standard InChI is InChI=1S/C17H18N2O2/c18-10-15-8-4-5-9-17(15)19-11-16(20)13-21-12-14-6-2-1-3-7-14/h1-9,16,19-20H,11-13H2. The Kier molecular flexibility index (Phi) is 5.77. The van der Waals surface area contributed by atoms with E-state index in [1.165, 1.54) is 0 Å². The lowest BCUT2D eigenvalue weighted by Gasteiger charge is -2.14. The Morgan fingerprint density at radius 1 is 1.10 bits per heavy atom. The van der Waals surface area contributed by atoms with Crippen molar-refractivity contribution in [1.29, 1.82) is 5.26 Å². The number of hydrogen-bond acceptors (Lipinski definition) is 4. The van der Waals surface area contributed by atoms with E-state index in [9.17, 15) is 5.11 Å². The molecule has 0 bridgehead atoms. The summed E-state index contributed by atoms with van der Waals surface area (Å²) in [6.07, 6.45) is -0.625. The predicted octanol–water partition coefficient (Wildman–Crippen LogP) is 2.55. The molecule has 4 heteroatoms. The van der Waals surface area contributed by atoms with Crippen molar-refractivity contribution in [3.8, 4) is 6.07 Å². The highest BCUT2D eigenvalue weighted by atomic mass is 16.5. The molecule has 2 aromatic rings. The number of aliphatic hydroxyl groups excluding tert-OH is 1. The van der Waals surface area contributed by atoms with E-state index in [1.54, 1.807) is 6.07 Å². The second kappa shape index (κ2) is 8.05. The summed E-state index contributed by atoms with van der Waals surface area (Å²) in [7, 11) is 0. The van der Waals surface area contributed by atoms with Gasteiger partial charge in [-0.1, -0.05) is 42.5 Å². The third-order valence-corrected chi connectivity index (χ3v) is 3.00. The van der Waals surface area contributed by atoms with Crippen molar-refractivity contribution in [1.82, 2.24) is 0 Å². The first kappa shape index (κ1) is 15.0. The van der Waals surface area contributed by atoms with Crippen molar-refractivity contribution >= 4 is 5.69 Å². The van der Waals surface area contributed by atoms with E-state index in [1.807, 2.05) is 48.5 Å². The van der Waals surface area contributed by atoms with Gasteiger partial charge in [0, 0.05) is 6.54 Å². The van der Waals surface area contributed by atoms with Crippen LogP contribution >= 0.6 is 0 Å². The quantitative estimate of drug-likeness (QED) is 0.819. The number of benzene rings is 2. The fourth-order valence-electron chi connectivity index (χ4n) is 1.91. The predicted molar refractivity (Wildman–Crippen MR) is 81.8 cm³/mol. The number of hydrogen-bond donors (Lipinski definition) is 2. The minimum Gasteiger partial charge on any atom is -0.389 e. The third-order valence-electron chi connectivity index (χ3n) is 3.00. The maximum absolute atomic E-state index is 9.88. The molecule has 0 aliphatic carbocycles. The highest BCUT2D eigenvalue weighted by molar-refractivity contribution is 5.57. The lowest BCUT2D eigenvalue weighted by Crippen LogP contribution is -2.25. The topological polar surface area (TPSA) is 65.3 Å². The molecule has 2 N–H and O–H groups in total. The van der Waals surface area contributed by atoms with Gasteiger partial charge >= 0.3 is 0 Å². The van der Waals surface area contributed by atoms with Gasteiger partial charge in [0.1, 0.15) is 6.07 Å². The largest absolute Gasteiger partial charge is 0.389 e. The van der Waals surface area contributed by atoms with Gasteiger partial charge in [-0.2, -0.15) is 5.26 Å². The van der Waals surface area contributed by atoms with Gasteiger partial charge in [0.05, 0.1) is 30.6 Å². The van der Waals surface area contributed by atoms with Gasteiger partial charge in [0.25, 0.3) is 0 Å². The van der Waals surface area contributed by atoms with Crippen molar-refractivity contribution < 1.29 is 9.84 Å². The van der Waals surface area contributed by atoms with Crippen LogP contribution in [0.5, 0.6) is 0 Å². The normalized spacial score (nSPS) is 11.6. The number of nitriles is 1. The van der Waals surface area contributed by atoms with Crippen LogP contribution in [0.3, 0.4) is 0 Å². The van der Waals surface area contributed by atoms with Gasteiger partial charge in [-0.15, -0.1) is 0 Å². The van der Waals surface area contributed by atoms with E-state index >= 15 is 0 Å². The Balaban J connectivity index is 1.73. The van der Waals surface area contributed by atoms with Gasteiger partial charge in [-0.05, 0) is 17.7 Å². The maximum atomic E-state index is 9.88. The number of nitrogens with zero attached hydrogens (tertiary/aromatic N) is 1. The zero-order valence-electron chi connectivity index (χ0n) is 11.7. The van der Waals surface area contributed by atoms with Crippen molar-refractivity contribution in [2.24, 2.45) is 0 Å². The van der Waals surface area contributed by atoms with Crippen LogP contribution in [0.1, 0.15) is 11.1 Å². The Hall–Kier alpha value is -2.35. The molecule has 21 heavy (non-hydrogen) atoms. The molecule has 0 amide bonds. The molecule has 0 heterocycles. The number of anilines is 1. The molecule has 0 aromatic heterocycles. The van der Waals surface area contributed by atoms with E-state index in [0.29, 0.717) is 18.7 Å². The van der Waals surface area contributed by atoms with Crippen LogP contribution in [-0.2, 0) is 11.3 Å². The lowest BCUT2D eigenvalue weighted by atomic mass is 10.2. The van der Waals surface area contributed by atoms with Gasteiger partial charge in [-0.3, -0.25) is 0 Å². The monoisotopic (exact) mass is 282 g/mol. The molecule has 108 valence electrons. The average Bonchev–Trinajstić information content (AvgIpc) is 2.54. The second-order valence-corrected chi connectivity index (χ2v) is 4.69. The molecule has 0 saturated heterocycles. The first-order valence-electron chi connectivity index (χ1n) is 6.82. The van der Waals surface area contributed by atoms with Crippen LogP contribution < -0.4 is 5.32 Å². The molecule has 0 aliphatic heterocycles. The van der Waals surface area contributed by atoms with E-state index in [-0.39, 0.29) is 6.61 Å². The summed E-state index contributed by atoms with van der Waals surface area (Å²) in [5, 5.41) is 21.9. The molecular weight excluding hydrogens is 264 g/mol. The number of aliphatic hydroxyl groups is 1. The molecule has 1 unspecified atom stereocenters. The summed E-state index contributed by atoms with van der Waals surface area (Å²) in [6, 6.07) is 19.1. The number of nitrogens with one attached hydrogen (secondary N) is 1. The van der Waals surface area contributed by atoms with E-state index in [2.05, 4.69) is 11.4 Å². The van der Waals surface area contributed by atoms with Crippen molar-refractivity contribution in [3.63, 3.8) is 0 Å². The average molecular weight is 282 g/mol. The van der Waals surface area contributed by atoms with Gasteiger partial charge in [0.2, 0.25) is 0 Å². The summed E-state index contributed by atoms with van der Waals surface area (Å²) in [5.74, 6) is 0. The van der Waals surface area contributed by atoms with E-state index < -0.39 is 6.10 Å². The van der Waals surface area contributed by atoms with Gasteiger partial charge in [0.15, 0.2) is 0 Å².